The summed E-state index contributed by atoms with van der Waals surface area (Å²) in [4.78, 5) is 12.3. The van der Waals surface area contributed by atoms with Crippen molar-refractivity contribution in [3.8, 4) is 0 Å². The topological polar surface area (TPSA) is 72.5 Å². The Bertz CT molecular complexity index is 1020. The molecule has 3 rings (SSSR count). The molecular weight excluding hydrogens is 386 g/mol. The summed E-state index contributed by atoms with van der Waals surface area (Å²) >= 11 is 5.81. The predicted molar refractivity (Wildman–Crippen MR) is 104 cm³/mol. The van der Waals surface area contributed by atoms with Gasteiger partial charge in [0.2, 0.25) is 0 Å². The van der Waals surface area contributed by atoms with E-state index in [1.54, 1.807) is 42.5 Å². The Hall–Kier alpha value is -2.83. The van der Waals surface area contributed by atoms with Crippen molar-refractivity contribution in [1.29, 1.82) is 0 Å². The van der Waals surface area contributed by atoms with Crippen molar-refractivity contribution >= 4 is 33.3 Å². The van der Waals surface area contributed by atoms with Gasteiger partial charge in [-0.15, -0.1) is 0 Å². The van der Waals surface area contributed by atoms with Crippen LogP contribution in [0.15, 0.2) is 83.8 Å². The monoisotopic (exact) mass is 401 g/mol. The van der Waals surface area contributed by atoms with E-state index in [0.29, 0.717) is 16.3 Å². The summed E-state index contributed by atoms with van der Waals surface area (Å²) in [6, 6.07) is 21.1. The Morgan fingerprint density at radius 3 is 2.15 bits per heavy atom. The number of nitrogens with one attached hydrogen (secondary N) is 1. The Kier molecular flexibility index (Phi) is 5.78. The van der Waals surface area contributed by atoms with Gasteiger partial charge in [0.1, 0.15) is 6.61 Å². The molecule has 138 valence electrons. The second kappa shape index (κ2) is 8.24. The smallest absolute Gasteiger partial charge is 0.338 e. The van der Waals surface area contributed by atoms with Gasteiger partial charge in [-0.1, -0.05) is 41.9 Å². The lowest BCUT2D eigenvalue weighted by Gasteiger charge is -2.09. The third-order valence-corrected chi connectivity index (χ3v) is 5.36. The molecule has 0 amide bonds. The van der Waals surface area contributed by atoms with E-state index in [-0.39, 0.29) is 11.5 Å². The average molecular weight is 402 g/mol. The first-order chi connectivity index (χ1) is 12.9. The maximum atomic E-state index is 12.3. The van der Waals surface area contributed by atoms with Gasteiger partial charge in [0.05, 0.1) is 10.5 Å². The van der Waals surface area contributed by atoms with Crippen LogP contribution in [-0.4, -0.2) is 14.4 Å². The molecule has 0 spiro atoms. The highest BCUT2D eigenvalue weighted by Crippen LogP contribution is 2.17. The maximum absolute atomic E-state index is 12.3. The quantitative estimate of drug-likeness (QED) is 0.617. The zero-order chi connectivity index (χ0) is 19.3. The third-order valence-electron chi connectivity index (χ3n) is 3.71. The average Bonchev–Trinajstić information content (AvgIpc) is 2.68. The molecule has 0 aliphatic carbocycles. The number of ether oxygens (including phenoxy) is 1. The Balaban J connectivity index is 1.62. The van der Waals surface area contributed by atoms with Crippen molar-refractivity contribution in [3.05, 3.63) is 95.0 Å². The molecule has 0 heterocycles. The van der Waals surface area contributed by atoms with Crippen LogP contribution in [0.2, 0.25) is 5.02 Å². The number of rotatable bonds is 6. The van der Waals surface area contributed by atoms with E-state index in [4.69, 9.17) is 16.3 Å². The summed E-state index contributed by atoms with van der Waals surface area (Å²) in [6.45, 7) is 0.123. The van der Waals surface area contributed by atoms with Gasteiger partial charge in [-0.2, -0.15) is 0 Å². The van der Waals surface area contributed by atoms with Crippen molar-refractivity contribution in [2.24, 2.45) is 0 Å². The molecule has 27 heavy (non-hydrogen) atoms. The van der Waals surface area contributed by atoms with Crippen LogP contribution in [0, 0.1) is 0 Å². The fraction of sp³-hybridized carbons (Fsp3) is 0.0500. The molecule has 0 fully saturated rings. The summed E-state index contributed by atoms with van der Waals surface area (Å²) in [5.74, 6) is -0.498. The van der Waals surface area contributed by atoms with Gasteiger partial charge in [0, 0.05) is 10.7 Å². The van der Waals surface area contributed by atoms with Gasteiger partial charge in [-0.25, -0.2) is 13.2 Å². The molecule has 0 saturated carbocycles. The molecule has 5 nitrogen and oxygen atoms in total. The van der Waals surface area contributed by atoms with Gasteiger partial charge < -0.3 is 4.74 Å². The van der Waals surface area contributed by atoms with Crippen LogP contribution in [0.5, 0.6) is 0 Å². The van der Waals surface area contributed by atoms with Crippen LogP contribution < -0.4 is 4.72 Å². The minimum Gasteiger partial charge on any atom is -0.457 e. The number of benzene rings is 3. The van der Waals surface area contributed by atoms with Crippen LogP contribution in [0.4, 0.5) is 5.69 Å². The first-order valence-electron chi connectivity index (χ1n) is 8.03. The molecule has 0 bridgehead atoms. The van der Waals surface area contributed by atoms with E-state index in [1.807, 2.05) is 0 Å². The molecule has 0 unspecified atom stereocenters. The van der Waals surface area contributed by atoms with Crippen molar-refractivity contribution in [1.82, 2.24) is 0 Å². The number of hydrogen-bond donors (Lipinski definition) is 1. The highest BCUT2D eigenvalue weighted by Gasteiger charge is 2.14. The number of anilines is 1. The Morgan fingerprint density at radius 1 is 0.889 bits per heavy atom. The Labute approximate surface area is 162 Å². The number of carbonyl (C=O) groups is 1. The van der Waals surface area contributed by atoms with Gasteiger partial charge in [0.15, 0.2) is 0 Å². The van der Waals surface area contributed by atoms with Gasteiger partial charge in [-0.05, 0) is 54.1 Å². The number of sulfonamides is 1. The normalized spacial score (nSPS) is 11.0. The summed E-state index contributed by atoms with van der Waals surface area (Å²) in [5, 5.41) is 0.610. The minimum absolute atomic E-state index is 0.123. The highest BCUT2D eigenvalue weighted by molar-refractivity contribution is 7.92. The predicted octanol–water partition coefficient (Wildman–Crippen LogP) is 4.50. The number of halogens is 1. The third kappa shape index (κ3) is 5.09. The van der Waals surface area contributed by atoms with Gasteiger partial charge >= 0.3 is 5.97 Å². The Morgan fingerprint density at radius 2 is 1.52 bits per heavy atom. The zero-order valence-corrected chi connectivity index (χ0v) is 15.7. The van der Waals surface area contributed by atoms with E-state index in [2.05, 4.69) is 4.72 Å². The van der Waals surface area contributed by atoms with Crippen LogP contribution in [-0.2, 0) is 21.4 Å². The largest absolute Gasteiger partial charge is 0.457 e. The standard InChI is InChI=1S/C20H16ClNO4S/c21-17-10-6-15(7-11-17)14-26-20(23)16-8-12-18(13-9-16)22-27(24,25)19-4-2-1-3-5-19/h1-13,22H,14H2. The summed E-state index contributed by atoms with van der Waals surface area (Å²) in [7, 11) is -3.67. The van der Waals surface area contributed by atoms with Crippen LogP contribution in [0.1, 0.15) is 15.9 Å². The van der Waals surface area contributed by atoms with Gasteiger partial charge in [-0.3, -0.25) is 4.72 Å². The molecule has 7 heteroatoms. The van der Waals surface area contributed by atoms with E-state index >= 15 is 0 Å². The SMILES string of the molecule is O=C(OCc1ccc(Cl)cc1)c1ccc(NS(=O)(=O)c2ccccc2)cc1. The molecule has 0 saturated heterocycles. The van der Waals surface area contributed by atoms with Crippen LogP contribution >= 0.6 is 11.6 Å². The zero-order valence-electron chi connectivity index (χ0n) is 14.1. The second-order valence-corrected chi connectivity index (χ2v) is 7.82. The number of esters is 1. The van der Waals surface area contributed by atoms with E-state index in [0.717, 1.165) is 5.56 Å². The highest BCUT2D eigenvalue weighted by atomic mass is 35.5. The van der Waals surface area contributed by atoms with Gasteiger partial charge in [0.25, 0.3) is 10.0 Å². The lowest BCUT2D eigenvalue weighted by molar-refractivity contribution is 0.0473. The first-order valence-corrected chi connectivity index (χ1v) is 9.90. The molecule has 0 radical (unpaired) electrons. The van der Waals surface area contributed by atoms with Crippen LogP contribution in [0.25, 0.3) is 0 Å². The van der Waals surface area contributed by atoms with Crippen molar-refractivity contribution in [3.63, 3.8) is 0 Å². The molecule has 0 aliphatic rings. The van der Waals surface area contributed by atoms with E-state index in [9.17, 15) is 13.2 Å². The van der Waals surface area contributed by atoms with Crippen LogP contribution in [0.3, 0.4) is 0 Å². The number of hydrogen-bond acceptors (Lipinski definition) is 4. The molecule has 0 aliphatic heterocycles. The second-order valence-electron chi connectivity index (χ2n) is 5.70. The fourth-order valence-corrected chi connectivity index (χ4v) is 3.51. The number of carbonyl (C=O) groups excluding carboxylic acids is 1. The van der Waals surface area contributed by atoms with E-state index in [1.165, 1.54) is 36.4 Å². The molecule has 3 aromatic carbocycles. The molecule has 3 aromatic rings. The van der Waals surface area contributed by atoms with Crippen molar-refractivity contribution in [2.45, 2.75) is 11.5 Å². The first kappa shape index (κ1) is 18.9. The van der Waals surface area contributed by atoms with Crippen molar-refractivity contribution < 1.29 is 17.9 Å². The molecule has 1 N–H and O–H groups in total. The molecular formula is C20H16ClNO4S. The lowest BCUT2D eigenvalue weighted by Crippen LogP contribution is -2.13. The summed E-state index contributed by atoms with van der Waals surface area (Å²) in [6.07, 6.45) is 0. The summed E-state index contributed by atoms with van der Waals surface area (Å²) < 4.78 is 32.3. The maximum Gasteiger partial charge on any atom is 0.338 e. The minimum atomic E-state index is -3.67. The van der Waals surface area contributed by atoms with Crippen molar-refractivity contribution in [2.75, 3.05) is 4.72 Å². The fourth-order valence-electron chi connectivity index (χ4n) is 2.30. The molecule has 0 atom stereocenters. The summed E-state index contributed by atoms with van der Waals surface area (Å²) in [5.41, 5.74) is 1.50. The molecule has 0 aromatic heterocycles. The lowest BCUT2D eigenvalue weighted by atomic mass is 10.2. The van der Waals surface area contributed by atoms with E-state index < -0.39 is 16.0 Å².